The van der Waals surface area contributed by atoms with Crippen molar-refractivity contribution in [1.29, 1.82) is 0 Å². The van der Waals surface area contributed by atoms with Gasteiger partial charge in [-0.15, -0.1) is 0 Å². The van der Waals surface area contributed by atoms with Crippen molar-refractivity contribution in [3.05, 3.63) is 23.8 Å². The van der Waals surface area contributed by atoms with Crippen LogP contribution >= 0.6 is 0 Å². The Hall–Kier alpha value is -1.22. The molecule has 0 aliphatic heterocycles. The average Bonchev–Trinajstić information content (AvgIpc) is 2.16. The third-order valence-corrected chi connectivity index (χ3v) is 1.82. The molecule has 0 fully saturated rings. The van der Waals surface area contributed by atoms with Gasteiger partial charge in [0.2, 0.25) is 0 Å². The van der Waals surface area contributed by atoms with E-state index in [2.05, 4.69) is 5.32 Å². The van der Waals surface area contributed by atoms with Crippen LogP contribution in [0.1, 0.15) is 5.56 Å². The summed E-state index contributed by atoms with van der Waals surface area (Å²) in [7, 11) is 1.67. The third-order valence-electron chi connectivity index (χ3n) is 1.82. The summed E-state index contributed by atoms with van der Waals surface area (Å²) in [5.41, 5.74) is 7.58. The lowest BCUT2D eigenvalue weighted by molar-refractivity contribution is 0.416. The number of benzene rings is 1. The fraction of sp³-hybridized carbons (Fsp3) is 0.400. The van der Waals surface area contributed by atoms with Crippen molar-refractivity contribution in [2.75, 3.05) is 25.5 Å². The van der Waals surface area contributed by atoms with E-state index in [1.165, 1.54) is 5.56 Å². The van der Waals surface area contributed by atoms with Gasteiger partial charge in [-0.2, -0.15) is 0 Å². The topological polar surface area (TPSA) is 47.3 Å². The van der Waals surface area contributed by atoms with Crippen molar-refractivity contribution in [2.24, 2.45) is 5.73 Å². The molecule has 3 heteroatoms. The van der Waals surface area contributed by atoms with Gasteiger partial charge in [0.1, 0.15) is 5.75 Å². The van der Waals surface area contributed by atoms with Crippen molar-refractivity contribution in [2.45, 2.75) is 6.92 Å². The van der Waals surface area contributed by atoms with Gasteiger partial charge in [-0.05, 0) is 24.6 Å². The predicted molar refractivity (Wildman–Crippen MR) is 55.3 cm³/mol. The number of anilines is 1. The van der Waals surface area contributed by atoms with Crippen LogP contribution in [0.25, 0.3) is 0 Å². The van der Waals surface area contributed by atoms with E-state index in [0.717, 1.165) is 18.0 Å². The van der Waals surface area contributed by atoms with Crippen molar-refractivity contribution < 1.29 is 4.74 Å². The molecule has 72 valence electrons. The highest BCUT2D eigenvalue weighted by Crippen LogP contribution is 2.24. The van der Waals surface area contributed by atoms with E-state index >= 15 is 0 Å². The Kier molecular flexibility index (Phi) is 3.58. The normalized spacial score (nSPS) is 9.77. The minimum atomic E-state index is 0.622. The summed E-state index contributed by atoms with van der Waals surface area (Å²) < 4.78 is 5.22. The fourth-order valence-corrected chi connectivity index (χ4v) is 1.15. The molecule has 0 saturated heterocycles. The molecule has 0 unspecified atom stereocenters. The quantitative estimate of drug-likeness (QED) is 0.735. The van der Waals surface area contributed by atoms with Gasteiger partial charge in [-0.25, -0.2) is 0 Å². The van der Waals surface area contributed by atoms with Gasteiger partial charge in [-0.3, -0.25) is 0 Å². The second-order valence-electron chi connectivity index (χ2n) is 2.92. The van der Waals surface area contributed by atoms with E-state index in [4.69, 9.17) is 10.5 Å². The summed E-state index contributed by atoms with van der Waals surface area (Å²) in [6, 6.07) is 6.05. The lowest BCUT2D eigenvalue weighted by Gasteiger charge is -2.10. The fourth-order valence-electron chi connectivity index (χ4n) is 1.15. The van der Waals surface area contributed by atoms with Gasteiger partial charge >= 0.3 is 0 Å². The van der Waals surface area contributed by atoms with Crippen LogP contribution in [0.5, 0.6) is 5.75 Å². The lowest BCUT2D eigenvalue weighted by atomic mass is 10.2. The average molecular weight is 180 g/mol. The first-order chi connectivity index (χ1) is 6.27. The molecule has 0 bridgehead atoms. The first-order valence-electron chi connectivity index (χ1n) is 4.36. The van der Waals surface area contributed by atoms with Gasteiger partial charge < -0.3 is 15.8 Å². The van der Waals surface area contributed by atoms with Crippen LogP contribution in [-0.4, -0.2) is 20.2 Å². The molecular formula is C10H16N2O. The van der Waals surface area contributed by atoms with Crippen LogP contribution in [-0.2, 0) is 0 Å². The predicted octanol–water partition coefficient (Wildman–Crippen LogP) is 1.37. The Bertz CT molecular complexity index is 274. The number of aryl methyl sites for hydroxylation is 1. The van der Waals surface area contributed by atoms with Gasteiger partial charge in [0.15, 0.2) is 0 Å². The zero-order chi connectivity index (χ0) is 9.68. The molecule has 0 spiro atoms. The van der Waals surface area contributed by atoms with E-state index in [0.29, 0.717) is 6.54 Å². The number of hydrogen-bond acceptors (Lipinski definition) is 3. The van der Waals surface area contributed by atoms with E-state index in [1.807, 2.05) is 25.1 Å². The molecule has 1 rings (SSSR count). The number of nitrogens with one attached hydrogen (secondary N) is 1. The Morgan fingerprint density at radius 3 is 2.85 bits per heavy atom. The molecule has 0 atom stereocenters. The summed E-state index contributed by atoms with van der Waals surface area (Å²) in [6.45, 7) is 3.42. The Morgan fingerprint density at radius 1 is 1.46 bits per heavy atom. The molecule has 0 radical (unpaired) electrons. The largest absolute Gasteiger partial charge is 0.495 e. The van der Waals surface area contributed by atoms with E-state index in [1.54, 1.807) is 7.11 Å². The number of ether oxygens (including phenoxy) is 1. The molecule has 3 nitrogen and oxygen atoms in total. The van der Waals surface area contributed by atoms with Crippen LogP contribution < -0.4 is 15.8 Å². The monoisotopic (exact) mass is 180 g/mol. The molecule has 0 aliphatic rings. The maximum Gasteiger partial charge on any atom is 0.142 e. The van der Waals surface area contributed by atoms with Crippen molar-refractivity contribution in [3.63, 3.8) is 0 Å². The molecule has 1 aromatic rings. The molecule has 3 N–H and O–H groups in total. The summed E-state index contributed by atoms with van der Waals surface area (Å²) in [4.78, 5) is 0. The number of hydrogen-bond donors (Lipinski definition) is 2. The highest BCUT2D eigenvalue weighted by Gasteiger charge is 2.00. The first kappa shape index (κ1) is 9.86. The molecule has 0 aromatic heterocycles. The van der Waals surface area contributed by atoms with Crippen LogP contribution in [0.2, 0.25) is 0 Å². The molecule has 0 saturated carbocycles. The van der Waals surface area contributed by atoms with Gasteiger partial charge in [0.05, 0.1) is 12.8 Å². The summed E-state index contributed by atoms with van der Waals surface area (Å²) in [5, 5.41) is 3.19. The smallest absolute Gasteiger partial charge is 0.142 e. The number of methoxy groups -OCH3 is 1. The van der Waals surface area contributed by atoms with Crippen molar-refractivity contribution >= 4 is 5.69 Å². The van der Waals surface area contributed by atoms with E-state index in [-0.39, 0.29) is 0 Å². The summed E-state index contributed by atoms with van der Waals surface area (Å²) in [6.07, 6.45) is 0. The van der Waals surface area contributed by atoms with Crippen LogP contribution in [0.15, 0.2) is 18.2 Å². The summed E-state index contributed by atoms with van der Waals surface area (Å²) in [5.74, 6) is 0.869. The highest BCUT2D eigenvalue weighted by molar-refractivity contribution is 5.57. The molecule has 0 aliphatic carbocycles. The maximum atomic E-state index is 5.39. The minimum Gasteiger partial charge on any atom is -0.495 e. The zero-order valence-corrected chi connectivity index (χ0v) is 8.13. The number of nitrogens with two attached hydrogens (primary N) is 1. The minimum absolute atomic E-state index is 0.622. The molecular weight excluding hydrogens is 164 g/mol. The highest BCUT2D eigenvalue weighted by atomic mass is 16.5. The first-order valence-corrected chi connectivity index (χ1v) is 4.36. The standard InChI is InChI=1S/C10H16N2O/c1-8-3-4-9(12-6-5-11)10(7-8)13-2/h3-4,7,12H,5-6,11H2,1-2H3. The van der Waals surface area contributed by atoms with Crippen LogP contribution in [0.3, 0.4) is 0 Å². The Balaban J connectivity index is 2.79. The van der Waals surface area contributed by atoms with Gasteiger partial charge in [0, 0.05) is 13.1 Å². The Morgan fingerprint density at radius 2 is 2.23 bits per heavy atom. The Labute approximate surface area is 78.9 Å². The summed E-state index contributed by atoms with van der Waals surface area (Å²) >= 11 is 0. The molecule has 0 heterocycles. The van der Waals surface area contributed by atoms with Gasteiger partial charge in [-0.1, -0.05) is 6.07 Å². The SMILES string of the molecule is COc1cc(C)ccc1NCCN. The number of rotatable bonds is 4. The van der Waals surface area contributed by atoms with Crippen LogP contribution in [0, 0.1) is 6.92 Å². The molecule has 13 heavy (non-hydrogen) atoms. The van der Waals surface area contributed by atoms with E-state index < -0.39 is 0 Å². The lowest BCUT2D eigenvalue weighted by Crippen LogP contribution is -2.13. The molecule has 1 aromatic carbocycles. The van der Waals surface area contributed by atoms with Crippen molar-refractivity contribution in [1.82, 2.24) is 0 Å². The maximum absolute atomic E-state index is 5.39. The molecule has 0 amide bonds. The van der Waals surface area contributed by atoms with Gasteiger partial charge in [0.25, 0.3) is 0 Å². The zero-order valence-electron chi connectivity index (χ0n) is 8.13. The third kappa shape index (κ3) is 2.63. The van der Waals surface area contributed by atoms with Crippen molar-refractivity contribution in [3.8, 4) is 5.75 Å². The van der Waals surface area contributed by atoms with Crippen LogP contribution in [0.4, 0.5) is 5.69 Å². The second kappa shape index (κ2) is 4.72. The van der Waals surface area contributed by atoms with E-state index in [9.17, 15) is 0 Å². The second-order valence-corrected chi connectivity index (χ2v) is 2.92.